The lowest BCUT2D eigenvalue weighted by molar-refractivity contribution is -0.138. The fourth-order valence-corrected chi connectivity index (χ4v) is 3.13. The quantitative estimate of drug-likeness (QED) is 0.308. The number of alkyl halides is 5. The van der Waals surface area contributed by atoms with Gasteiger partial charge < -0.3 is 15.5 Å². The summed E-state index contributed by atoms with van der Waals surface area (Å²) in [5.74, 6) is -4.02. The number of halogens is 5. The molecule has 0 aromatic carbocycles. The Hall–Kier alpha value is -3.60. The number of aromatic nitrogens is 5. The van der Waals surface area contributed by atoms with Gasteiger partial charge in [0.15, 0.2) is 5.82 Å². The van der Waals surface area contributed by atoms with Crippen LogP contribution in [-0.4, -0.2) is 37.1 Å². The Morgan fingerprint density at radius 1 is 1.03 bits per heavy atom. The summed E-state index contributed by atoms with van der Waals surface area (Å²) in [6.07, 6.45) is -1.74. The first-order valence-electron chi connectivity index (χ1n) is 10.5. The zero-order valence-corrected chi connectivity index (χ0v) is 20.0. The third-order valence-electron chi connectivity index (χ3n) is 5.33. The predicted octanol–water partition coefficient (Wildman–Crippen LogP) is 5.57. The van der Waals surface area contributed by atoms with E-state index in [1.54, 1.807) is 12.1 Å². The van der Waals surface area contributed by atoms with Crippen LogP contribution in [0.2, 0.25) is 0 Å². The Morgan fingerprint density at radius 2 is 1.72 bits per heavy atom. The van der Waals surface area contributed by atoms with Gasteiger partial charge >= 0.3 is 6.18 Å². The van der Waals surface area contributed by atoms with E-state index in [9.17, 15) is 22.0 Å². The van der Waals surface area contributed by atoms with Crippen LogP contribution in [0.15, 0.2) is 36.5 Å². The fraction of sp³-hybridized carbons (Fsp3) is 0.364. The highest BCUT2D eigenvalue weighted by molar-refractivity contribution is 7.59. The standard InChI is InChI=1S/C22H19F5N8.H2S/c1-12(22(25,26)27)30-18-33-17(14-5-4-6-15(32-14)20(2,23)24)34-19(35-18)31-13-7-10-29-16(11-13)21(28-3)8-9-21;/h4-7,10-12H,8-9H2,1-2H3,(H2,29,30,31,33,34,35);1H2/t12-;/m0./s1. The summed E-state index contributed by atoms with van der Waals surface area (Å²) >= 11 is 0. The van der Waals surface area contributed by atoms with E-state index in [2.05, 4.69) is 40.4 Å². The predicted molar refractivity (Wildman–Crippen MR) is 127 cm³/mol. The number of nitrogens with one attached hydrogen (secondary N) is 2. The molecule has 14 heteroatoms. The Kier molecular flexibility index (Phi) is 7.35. The fourth-order valence-electron chi connectivity index (χ4n) is 3.13. The van der Waals surface area contributed by atoms with E-state index in [0.29, 0.717) is 31.1 Å². The molecular weight excluding hydrogens is 503 g/mol. The van der Waals surface area contributed by atoms with Gasteiger partial charge in [0, 0.05) is 31.6 Å². The van der Waals surface area contributed by atoms with Crippen LogP contribution < -0.4 is 10.6 Å². The lowest BCUT2D eigenvalue weighted by Crippen LogP contribution is -2.34. The average molecular weight is 525 g/mol. The van der Waals surface area contributed by atoms with Gasteiger partial charge in [0.05, 0.1) is 0 Å². The molecule has 3 aromatic heterocycles. The molecule has 0 amide bonds. The van der Waals surface area contributed by atoms with Gasteiger partial charge in [-0.3, -0.25) is 4.98 Å². The second kappa shape index (κ2) is 9.81. The molecule has 4 rings (SSSR count). The van der Waals surface area contributed by atoms with Crippen LogP contribution in [0.4, 0.5) is 39.5 Å². The van der Waals surface area contributed by atoms with Gasteiger partial charge in [0.1, 0.15) is 23.1 Å². The number of pyridine rings is 2. The van der Waals surface area contributed by atoms with Crippen molar-refractivity contribution in [1.29, 1.82) is 0 Å². The third kappa shape index (κ3) is 5.96. The molecule has 0 bridgehead atoms. The Bertz CT molecular complexity index is 1280. The Balaban J connectivity index is 0.00000361. The average Bonchev–Trinajstić information content (AvgIpc) is 3.59. The molecule has 0 spiro atoms. The maximum atomic E-state index is 13.8. The van der Waals surface area contributed by atoms with Gasteiger partial charge in [-0.05, 0) is 31.2 Å². The minimum Gasteiger partial charge on any atom is -0.343 e. The van der Waals surface area contributed by atoms with Crippen molar-refractivity contribution in [3.63, 3.8) is 0 Å². The molecule has 36 heavy (non-hydrogen) atoms. The van der Waals surface area contributed by atoms with Crippen LogP contribution in [0.25, 0.3) is 16.4 Å². The molecule has 1 aliphatic carbocycles. The van der Waals surface area contributed by atoms with Crippen molar-refractivity contribution in [3.05, 3.63) is 59.3 Å². The summed E-state index contributed by atoms with van der Waals surface area (Å²) in [7, 11) is 0. The summed E-state index contributed by atoms with van der Waals surface area (Å²) in [5, 5.41) is 5.04. The maximum Gasteiger partial charge on any atom is 0.408 e. The third-order valence-corrected chi connectivity index (χ3v) is 5.33. The minimum atomic E-state index is -4.58. The Labute approximate surface area is 210 Å². The van der Waals surface area contributed by atoms with Crippen LogP contribution >= 0.6 is 13.5 Å². The van der Waals surface area contributed by atoms with Gasteiger partial charge in [0.25, 0.3) is 11.5 Å². The summed E-state index contributed by atoms with van der Waals surface area (Å²) in [4.78, 5) is 23.9. The number of nitrogens with zero attached hydrogens (tertiary/aromatic N) is 6. The zero-order chi connectivity index (χ0) is 25.4. The molecule has 0 radical (unpaired) electrons. The molecule has 1 saturated carbocycles. The van der Waals surface area contributed by atoms with E-state index < -0.39 is 35.3 Å². The molecule has 1 aliphatic rings. The van der Waals surface area contributed by atoms with Crippen molar-refractivity contribution in [1.82, 2.24) is 24.9 Å². The van der Waals surface area contributed by atoms with Gasteiger partial charge in [-0.1, -0.05) is 6.07 Å². The first-order valence-corrected chi connectivity index (χ1v) is 10.5. The lowest BCUT2D eigenvalue weighted by atomic mass is 10.1. The summed E-state index contributed by atoms with van der Waals surface area (Å²) in [5.41, 5.74) is -0.297. The number of rotatable bonds is 7. The molecule has 3 aromatic rings. The van der Waals surface area contributed by atoms with E-state index in [1.807, 2.05) is 0 Å². The highest BCUT2D eigenvalue weighted by Gasteiger charge is 2.54. The molecule has 1 atom stereocenters. The monoisotopic (exact) mass is 524 g/mol. The van der Waals surface area contributed by atoms with Crippen LogP contribution in [0, 0.1) is 6.57 Å². The first-order chi connectivity index (χ1) is 16.4. The van der Waals surface area contributed by atoms with E-state index in [-0.39, 0.29) is 31.0 Å². The molecular formula is C22H21F5N8S. The molecule has 0 aliphatic heterocycles. The van der Waals surface area contributed by atoms with Crippen LogP contribution in [0.5, 0.6) is 0 Å². The van der Waals surface area contributed by atoms with Crippen LogP contribution in [0.1, 0.15) is 38.1 Å². The SMILES string of the molecule is S.[C-]#[N+]C1(c2cc(Nc3nc(N[C@@H](C)C(F)(F)F)nc(-c4cccc(C(C)(F)F)n4)n3)ccn2)CC1. The van der Waals surface area contributed by atoms with Gasteiger partial charge in [-0.2, -0.15) is 50.4 Å². The van der Waals surface area contributed by atoms with E-state index in [4.69, 9.17) is 6.57 Å². The minimum absolute atomic E-state index is 0. The molecule has 0 saturated heterocycles. The highest BCUT2D eigenvalue weighted by atomic mass is 32.1. The van der Waals surface area contributed by atoms with E-state index >= 15 is 0 Å². The van der Waals surface area contributed by atoms with Crippen LogP contribution in [0.3, 0.4) is 0 Å². The van der Waals surface area contributed by atoms with Crippen molar-refractivity contribution in [2.75, 3.05) is 10.6 Å². The summed E-state index contributed by atoms with van der Waals surface area (Å²) in [6, 6.07) is 5.03. The molecule has 190 valence electrons. The number of hydrogen-bond donors (Lipinski definition) is 2. The largest absolute Gasteiger partial charge is 0.408 e. The van der Waals surface area contributed by atoms with E-state index in [1.165, 1.54) is 18.3 Å². The topological polar surface area (TPSA) is 92.9 Å². The van der Waals surface area contributed by atoms with Gasteiger partial charge in [-0.15, -0.1) is 0 Å². The van der Waals surface area contributed by atoms with Crippen molar-refractivity contribution in [2.24, 2.45) is 0 Å². The van der Waals surface area contributed by atoms with E-state index in [0.717, 1.165) is 13.0 Å². The molecule has 8 nitrogen and oxygen atoms in total. The summed E-state index contributed by atoms with van der Waals surface area (Å²) < 4.78 is 66.9. The molecule has 3 heterocycles. The second-order valence-corrected chi connectivity index (χ2v) is 8.21. The normalized spacial score (nSPS) is 15.3. The number of anilines is 3. The number of hydrogen-bond acceptors (Lipinski definition) is 7. The second-order valence-electron chi connectivity index (χ2n) is 8.21. The van der Waals surface area contributed by atoms with Gasteiger partial charge in [-0.25, -0.2) is 11.6 Å². The molecule has 0 unspecified atom stereocenters. The highest BCUT2D eigenvalue weighted by Crippen LogP contribution is 2.49. The molecule has 2 N–H and O–H groups in total. The van der Waals surface area contributed by atoms with Crippen molar-refractivity contribution < 1.29 is 22.0 Å². The Morgan fingerprint density at radius 3 is 2.33 bits per heavy atom. The van der Waals surface area contributed by atoms with Crippen molar-refractivity contribution in [2.45, 2.75) is 50.4 Å². The first kappa shape index (κ1) is 27.0. The molecule has 1 fully saturated rings. The summed E-state index contributed by atoms with van der Waals surface area (Å²) in [6.45, 7) is 8.96. The maximum absolute atomic E-state index is 13.8. The van der Waals surface area contributed by atoms with Gasteiger partial charge in [0.2, 0.25) is 11.9 Å². The van der Waals surface area contributed by atoms with Crippen LogP contribution in [-0.2, 0) is 11.5 Å². The van der Waals surface area contributed by atoms with Crippen molar-refractivity contribution >= 4 is 31.1 Å². The van der Waals surface area contributed by atoms with Crippen molar-refractivity contribution in [3.8, 4) is 11.5 Å². The lowest BCUT2D eigenvalue weighted by Gasteiger charge is -2.18. The smallest absolute Gasteiger partial charge is 0.343 e. The zero-order valence-electron chi connectivity index (χ0n) is 19.0.